The Morgan fingerprint density at radius 1 is 1.57 bits per heavy atom. The van der Waals surface area contributed by atoms with Crippen LogP contribution in [0.1, 0.15) is 5.69 Å². The fourth-order valence-corrected chi connectivity index (χ4v) is 2.15. The number of nitrogens with zero attached hydrogens (tertiary/aromatic N) is 2. The van der Waals surface area contributed by atoms with E-state index in [-0.39, 0.29) is 0 Å². The van der Waals surface area contributed by atoms with E-state index in [1.165, 1.54) is 0 Å². The number of hydrogen-bond donors (Lipinski definition) is 0. The summed E-state index contributed by atoms with van der Waals surface area (Å²) in [5.74, 6) is 0.613. The van der Waals surface area contributed by atoms with E-state index < -0.39 is 0 Å². The maximum Gasteiger partial charge on any atom is 0.185 e. The summed E-state index contributed by atoms with van der Waals surface area (Å²) in [6.07, 6.45) is 0. The second-order valence-corrected chi connectivity index (χ2v) is 4.15. The third-order valence-corrected chi connectivity index (χ3v) is 2.99. The third-order valence-electron chi connectivity index (χ3n) is 1.80. The molecule has 0 aromatic carbocycles. The molecule has 0 N–H and O–H groups in total. The predicted molar refractivity (Wildman–Crippen MR) is 61.7 cm³/mol. The van der Waals surface area contributed by atoms with Crippen LogP contribution in [0.5, 0.6) is 0 Å². The molecule has 0 amide bonds. The summed E-state index contributed by atoms with van der Waals surface area (Å²) < 4.78 is 5.04. The molecule has 3 nitrogen and oxygen atoms in total. The lowest BCUT2D eigenvalue weighted by Gasteiger charge is -2.19. The Bertz CT molecular complexity index is 267. The van der Waals surface area contributed by atoms with Crippen molar-refractivity contribution in [1.29, 1.82) is 0 Å². The molecule has 1 aromatic heterocycles. The number of aryl methyl sites for hydroxylation is 1. The number of anilines is 1. The summed E-state index contributed by atoms with van der Waals surface area (Å²) in [6.45, 7) is 4.36. The van der Waals surface area contributed by atoms with E-state index in [1.807, 2.05) is 12.3 Å². The minimum Gasteiger partial charge on any atom is -0.383 e. The van der Waals surface area contributed by atoms with Gasteiger partial charge in [0.2, 0.25) is 0 Å². The minimum absolute atomic E-state index is 0.613. The van der Waals surface area contributed by atoms with Gasteiger partial charge in [0.15, 0.2) is 5.13 Å². The van der Waals surface area contributed by atoms with Gasteiger partial charge in [-0.25, -0.2) is 4.98 Å². The van der Waals surface area contributed by atoms with Gasteiger partial charge in [0.05, 0.1) is 12.3 Å². The average Bonchev–Trinajstić information content (AvgIpc) is 2.59. The van der Waals surface area contributed by atoms with Crippen LogP contribution in [-0.4, -0.2) is 37.7 Å². The number of aromatic nitrogens is 1. The van der Waals surface area contributed by atoms with E-state index in [4.69, 9.17) is 16.3 Å². The summed E-state index contributed by atoms with van der Waals surface area (Å²) in [4.78, 5) is 6.56. The van der Waals surface area contributed by atoms with E-state index in [9.17, 15) is 0 Å². The molecule has 0 unspecified atom stereocenters. The zero-order valence-corrected chi connectivity index (χ0v) is 10.1. The Hall–Kier alpha value is -0.320. The zero-order valence-electron chi connectivity index (χ0n) is 8.49. The number of ether oxygens (including phenoxy) is 1. The lowest BCUT2D eigenvalue weighted by Crippen LogP contribution is -2.29. The molecule has 0 aliphatic rings. The van der Waals surface area contributed by atoms with Gasteiger partial charge >= 0.3 is 0 Å². The number of methoxy groups -OCH3 is 1. The first-order valence-corrected chi connectivity index (χ1v) is 5.91. The van der Waals surface area contributed by atoms with Crippen LogP contribution in [0.4, 0.5) is 5.13 Å². The Labute approximate surface area is 93.7 Å². The molecule has 14 heavy (non-hydrogen) atoms. The second kappa shape index (κ2) is 6.22. The first kappa shape index (κ1) is 11.8. The topological polar surface area (TPSA) is 25.4 Å². The highest BCUT2D eigenvalue weighted by atomic mass is 35.5. The zero-order chi connectivity index (χ0) is 10.4. The van der Waals surface area contributed by atoms with Crippen molar-refractivity contribution in [3.8, 4) is 0 Å². The van der Waals surface area contributed by atoms with Crippen LogP contribution in [0.25, 0.3) is 0 Å². The second-order valence-electron chi connectivity index (χ2n) is 2.94. The van der Waals surface area contributed by atoms with Crippen molar-refractivity contribution in [3.05, 3.63) is 11.1 Å². The van der Waals surface area contributed by atoms with Crippen molar-refractivity contribution < 1.29 is 4.74 Å². The molecule has 80 valence electrons. The van der Waals surface area contributed by atoms with Gasteiger partial charge in [-0.1, -0.05) is 0 Å². The fraction of sp³-hybridized carbons (Fsp3) is 0.667. The van der Waals surface area contributed by atoms with Crippen LogP contribution in [0.15, 0.2) is 5.38 Å². The molecule has 0 saturated carbocycles. The van der Waals surface area contributed by atoms with Crippen molar-refractivity contribution >= 4 is 28.1 Å². The van der Waals surface area contributed by atoms with Gasteiger partial charge in [0.25, 0.3) is 0 Å². The Kier molecular flexibility index (Phi) is 5.22. The van der Waals surface area contributed by atoms with Gasteiger partial charge in [-0.2, -0.15) is 0 Å². The number of rotatable bonds is 6. The van der Waals surface area contributed by atoms with Crippen molar-refractivity contribution in [3.63, 3.8) is 0 Å². The quantitative estimate of drug-likeness (QED) is 0.706. The lowest BCUT2D eigenvalue weighted by molar-refractivity contribution is 0.205. The van der Waals surface area contributed by atoms with Gasteiger partial charge < -0.3 is 9.64 Å². The Balaban J connectivity index is 2.57. The van der Waals surface area contributed by atoms with Crippen LogP contribution in [0, 0.1) is 6.92 Å². The lowest BCUT2D eigenvalue weighted by atomic mass is 10.5. The Morgan fingerprint density at radius 2 is 2.36 bits per heavy atom. The van der Waals surface area contributed by atoms with Crippen molar-refractivity contribution in [1.82, 2.24) is 4.98 Å². The van der Waals surface area contributed by atoms with Crippen molar-refractivity contribution in [2.24, 2.45) is 0 Å². The Morgan fingerprint density at radius 3 is 2.86 bits per heavy atom. The molecule has 0 aliphatic carbocycles. The molecule has 0 atom stereocenters. The van der Waals surface area contributed by atoms with Gasteiger partial charge in [0.1, 0.15) is 0 Å². The predicted octanol–water partition coefficient (Wildman–Crippen LogP) is 2.14. The molecule has 0 spiro atoms. The summed E-state index contributed by atoms with van der Waals surface area (Å²) in [6, 6.07) is 0. The van der Waals surface area contributed by atoms with Gasteiger partial charge in [0, 0.05) is 31.5 Å². The van der Waals surface area contributed by atoms with Crippen LogP contribution >= 0.6 is 22.9 Å². The fourth-order valence-electron chi connectivity index (χ4n) is 1.09. The SMILES string of the molecule is COCCN(CCCl)c1nc(C)cs1. The molecule has 5 heteroatoms. The van der Waals surface area contributed by atoms with Gasteiger partial charge in [-0.15, -0.1) is 22.9 Å². The van der Waals surface area contributed by atoms with Crippen LogP contribution in [-0.2, 0) is 4.74 Å². The summed E-state index contributed by atoms with van der Waals surface area (Å²) in [5.41, 5.74) is 1.06. The number of hydrogen-bond acceptors (Lipinski definition) is 4. The highest BCUT2D eigenvalue weighted by Gasteiger charge is 2.08. The highest BCUT2D eigenvalue weighted by Crippen LogP contribution is 2.19. The molecule has 1 rings (SSSR count). The number of thiazole rings is 1. The van der Waals surface area contributed by atoms with E-state index in [0.29, 0.717) is 12.5 Å². The molecule has 0 radical (unpaired) electrons. The number of halogens is 1. The normalized spacial score (nSPS) is 10.5. The highest BCUT2D eigenvalue weighted by molar-refractivity contribution is 7.13. The third kappa shape index (κ3) is 3.44. The first-order valence-electron chi connectivity index (χ1n) is 4.50. The summed E-state index contributed by atoms with van der Waals surface area (Å²) in [7, 11) is 1.70. The molecular formula is C9H15ClN2OS. The molecule has 1 aromatic rings. The molecule has 0 aliphatic heterocycles. The molecule has 0 fully saturated rings. The van der Waals surface area contributed by atoms with E-state index in [1.54, 1.807) is 18.4 Å². The van der Waals surface area contributed by atoms with Gasteiger partial charge in [-0.3, -0.25) is 0 Å². The summed E-state index contributed by atoms with van der Waals surface area (Å²) in [5, 5.41) is 3.07. The van der Waals surface area contributed by atoms with Crippen molar-refractivity contribution in [2.75, 3.05) is 37.6 Å². The number of alkyl halides is 1. The monoisotopic (exact) mass is 234 g/mol. The largest absolute Gasteiger partial charge is 0.383 e. The van der Waals surface area contributed by atoms with E-state index in [2.05, 4.69) is 9.88 Å². The van der Waals surface area contributed by atoms with Crippen molar-refractivity contribution in [2.45, 2.75) is 6.92 Å². The summed E-state index contributed by atoms with van der Waals surface area (Å²) >= 11 is 7.37. The molecular weight excluding hydrogens is 220 g/mol. The van der Waals surface area contributed by atoms with Crippen LogP contribution in [0.2, 0.25) is 0 Å². The maximum absolute atomic E-state index is 5.73. The van der Waals surface area contributed by atoms with Gasteiger partial charge in [-0.05, 0) is 6.92 Å². The minimum atomic E-state index is 0.613. The average molecular weight is 235 g/mol. The van der Waals surface area contributed by atoms with Crippen LogP contribution in [0.3, 0.4) is 0 Å². The smallest absolute Gasteiger partial charge is 0.185 e. The first-order chi connectivity index (χ1) is 6.77. The molecule has 0 saturated heterocycles. The standard InChI is InChI=1S/C9H15ClN2OS/c1-8-7-14-9(11-8)12(4-3-10)5-6-13-2/h7H,3-6H2,1-2H3. The van der Waals surface area contributed by atoms with E-state index in [0.717, 1.165) is 23.9 Å². The van der Waals surface area contributed by atoms with E-state index >= 15 is 0 Å². The molecule has 0 bridgehead atoms. The maximum atomic E-state index is 5.73. The molecule has 1 heterocycles. The van der Waals surface area contributed by atoms with Crippen LogP contribution < -0.4 is 4.90 Å².